The normalized spacial score (nSPS) is 23.2. The van der Waals surface area contributed by atoms with Crippen LogP contribution in [0, 0.1) is 5.92 Å². The van der Waals surface area contributed by atoms with E-state index in [2.05, 4.69) is 22.8 Å². The predicted octanol–water partition coefficient (Wildman–Crippen LogP) is 3.79. The highest BCUT2D eigenvalue weighted by Crippen LogP contribution is 2.29. The molecule has 5 nitrogen and oxygen atoms in total. The first-order valence-corrected chi connectivity index (χ1v) is 10.8. The second-order valence-electron chi connectivity index (χ2n) is 8.31. The highest BCUT2D eigenvalue weighted by atomic mass is 16.5. The van der Waals surface area contributed by atoms with Crippen LogP contribution in [0.25, 0.3) is 0 Å². The van der Waals surface area contributed by atoms with Gasteiger partial charge >= 0.3 is 5.97 Å². The highest BCUT2D eigenvalue weighted by Gasteiger charge is 2.23. The topological polar surface area (TPSA) is 67.4 Å². The molecule has 0 aromatic heterocycles. The molecule has 1 aromatic carbocycles. The Hall–Kier alpha value is -1.88. The van der Waals surface area contributed by atoms with Crippen LogP contribution in [0.4, 0.5) is 0 Å². The van der Waals surface area contributed by atoms with E-state index >= 15 is 0 Å². The molecule has 0 radical (unpaired) electrons. The van der Waals surface area contributed by atoms with E-state index in [0.717, 1.165) is 57.2 Å². The van der Waals surface area contributed by atoms with E-state index < -0.39 is 0 Å². The standard InChI is InChI=1S/C23H34N2O3/c1-28-22(26)4-2-3-17-5-11-21(12-6-17)25-23(27)20-9-7-18(8-10-20)19-13-15-24-16-14-19/h7-10,17,19,21,24H,2-6,11-16H2,1H3,(H,25,27). The Balaban J connectivity index is 1.40. The van der Waals surface area contributed by atoms with Crippen LogP contribution in [-0.2, 0) is 9.53 Å². The average Bonchev–Trinajstić information content (AvgIpc) is 2.75. The second-order valence-corrected chi connectivity index (χ2v) is 8.31. The number of methoxy groups -OCH3 is 1. The van der Waals surface area contributed by atoms with Crippen molar-refractivity contribution in [2.45, 2.75) is 69.7 Å². The van der Waals surface area contributed by atoms with Crippen LogP contribution in [0.5, 0.6) is 0 Å². The van der Waals surface area contributed by atoms with E-state index in [1.165, 1.54) is 25.5 Å². The van der Waals surface area contributed by atoms with Gasteiger partial charge in [0.1, 0.15) is 0 Å². The maximum Gasteiger partial charge on any atom is 0.305 e. The van der Waals surface area contributed by atoms with Gasteiger partial charge in [0.05, 0.1) is 7.11 Å². The zero-order chi connectivity index (χ0) is 19.8. The molecule has 1 saturated carbocycles. The largest absolute Gasteiger partial charge is 0.469 e. The summed E-state index contributed by atoms with van der Waals surface area (Å²) in [4.78, 5) is 23.8. The molecule has 2 aliphatic rings. The maximum absolute atomic E-state index is 12.6. The van der Waals surface area contributed by atoms with Crippen LogP contribution in [0.2, 0.25) is 0 Å². The first kappa shape index (κ1) is 20.8. The lowest BCUT2D eigenvalue weighted by atomic mass is 9.83. The number of esters is 1. The van der Waals surface area contributed by atoms with Crippen LogP contribution in [0.3, 0.4) is 0 Å². The number of amides is 1. The SMILES string of the molecule is COC(=O)CCCC1CCC(NC(=O)c2ccc(C3CCNCC3)cc2)CC1. The molecule has 28 heavy (non-hydrogen) atoms. The van der Waals surface area contributed by atoms with Gasteiger partial charge in [-0.3, -0.25) is 9.59 Å². The van der Waals surface area contributed by atoms with Gasteiger partial charge < -0.3 is 15.4 Å². The number of nitrogens with one attached hydrogen (secondary N) is 2. The van der Waals surface area contributed by atoms with E-state index in [4.69, 9.17) is 4.74 Å². The highest BCUT2D eigenvalue weighted by molar-refractivity contribution is 5.94. The quantitative estimate of drug-likeness (QED) is 0.700. The molecule has 5 heteroatoms. The van der Waals surface area contributed by atoms with Crippen molar-refractivity contribution in [3.8, 4) is 0 Å². The van der Waals surface area contributed by atoms with Crippen molar-refractivity contribution in [1.82, 2.24) is 10.6 Å². The van der Waals surface area contributed by atoms with Crippen molar-refractivity contribution in [2.24, 2.45) is 5.92 Å². The Morgan fingerprint density at radius 3 is 2.36 bits per heavy atom. The molecule has 0 spiro atoms. The molecule has 2 fully saturated rings. The number of ether oxygens (including phenoxy) is 1. The lowest BCUT2D eigenvalue weighted by molar-refractivity contribution is -0.140. The van der Waals surface area contributed by atoms with Gasteiger partial charge in [-0.15, -0.1) is 0 Å². The van der Waals surface area contributed by atoms with Gasteiger partial charge in [-0.05, 0) is 94.0 Å². The molecule has 0 unspecified atom stereocenters. The number of carbonyl (C=O) groups is 2. The van der Waals surface area contributed by atoms with E-state index in [1.54, 1.807) is 0 Å². The Kier molecular flexibility index (Phi) is 7.90. The Bertz CT molecular complexity index is 630. The van der Waals surface area contributed by atoms with Gasteiger partial charge in [0.15, 0.2) is 0 Å². The molecule has 0 atom stereocenters. The predicted molar refractivity (Wildman–Crippen MR) is 110 cm³/mol. The number of benzene rings is 1. The molecule has 1 heterocycles. The number of rotatable bonds is 7. The summed E-state index contributed by atoms with van der Waals surface area (Å²) in [5.74, 6) is 1.22. The third kappa shape index (κ3) is 6.06. The molecule has 1 aromatic rings. The Morgan fingerprint density at radius 1 is 1.04 bits per heavy atom. The minimum absolute atomic E-state index is 0.0472. The molecule has 1 aliphatic heterocycles. The summed E-state index contributed by atoms with van der Waals surface area (Å²) in [5.41, 5.74) is 2.11. The van der Waals surface area contributed by atoms with Gasteiger partial charge in [-0.2, -0.15) is 0 Å². The molecule has 2 N–H and O–H groups in total. The van der Waals surface area contributed by atoms with E-state index in [-0.39, 0.29) is 17.9 Å². The van der Waals surface area contributed by atoms with Crippen LogP contribution in [0.1, 0.15) is 79.6 Å². The van der Waals surface area contributed by atoms with Gasteiger partial charge in [0.2, 0.25) is 0 Å². The van der Waals surface area contributed by atoms with Crippen molar-refractivity contribution in [3.05, 3.63) is 35.4 Å². The minimum Gasteiger partial charge on any atom is -0.469 e. The molecule has 1 aliphatic carbocycles. The van der Waals surface area contributed by atoms with E-state index in [9.17, 15) is 9.59 Å². The van der Waals surface area contributed by atoms with Crippen molar-refractivity contribution in [3.63, 3.8) is 0 Å². The molecule has 154 valence electrons. The fourth-order valence-corrected chi connectivity index (χ4v) is 4.56. The minimum atomic E-state index is -0.118. The summed E-state index contributed by atoms with van der Waals surface area (Å²) in [6.07, 6.45) is 9.15. The third-order valence-corrected chi connectivity index (χ3v) is 6.39. The number of hydrogen-bond acceptors (Lipinski definition) is 4. The molecule has 1 amide bonds. The zero-order valence-corrected chi connectivity index (χ0v) is 17.0. The Labute approximate surface area is 168 Å². The molecular formula is C23H34N2O3. The fourth-order valence-electron chi connectivity index (χ4n) is 4.56. The number of carbonyl (C=O) groups excluding carboxylic acids is 2. The molecule has 3 rings (SSSR count). The summed E-state index contributed by atoms with van der Waals surface area (Å²) in [6, 6.07) is 8.48. The lowest BCUT2D eigenvalue weighted by Crippen LogP contribution is -2.37. The first-order chi connectivity index (χ1) is 13.7. The van der Waals surface area contributed by atoms with Crippen LogP contribution < -0.4 is 10.6 Å². The first-order valence-electron chi connectivity index (χ1n) is 10.8. The Morgan fingerprint density at radius 2 is 1.71 bits per heavy atom. The summed E-state index contributed by atoms with van der Waals surface area (Å²) in [7, 11) is 1.44. The second kappa shape index (κ2) is 10.6. The monoisotopic (exact) mass is 386 g/mol. The molecular weight excluding hydrogens is 352 g/mol. The van der Waals surface area contributed by atoms with Crippen molar-refractivity contribution in [1.29, 1.82) is 0 Å². The van der Waals surface area contributed by atoms with E-state index in [0.29, 0.717) is 18.3 Å². The maximum atomic E-state index is 12.6. The average molecular weight is 387 g/mol. The van der Waals surface area contributed by atoms with Gasteiger partial charge in [0.25, 0.3) is 5.91 Å². The van der Waals surface area contributed by atoms with E-state index in [1.807, 2.05) is 12.1 Å². The van der Waals surface area contributed by atoms with Crippen molar-refractivity contribution in [2.75, 3.05) is 20.2 Å². The molecule has 1 saturated heterocycles. The van der Waals surface area contributed by atoms with Crippen molar-refractivity contribution >= 4 is 11.9 Å². The van der Waals surface area contributed by atoms with Crippen LogP contribution in [-0.4, -0.2) is 38.1 Å². The third-order valence-electron chi connectivity index (χ3n) is 6.39. The summed E-state index contributed by atoms with van der Waals surface area (Å²) in [5, 5.41) is 6.61. The summed E-state index contributed by atoms with van der Waals surface area (Å²) < 4.78 is 4.69. The van der Waals surface area contributed by atoms with Gasteiger partial charge in [-0.1, -0.05) is 12.1 Å². The fraction of sp³-hybridized carbons (Fsp3) is 0.652. The van der Waals surface area contributed by atoms with Gasteiger partial charge in [-0.25, -0.2) is 0 Å². The number of piperidine rings is 1. The smallest absolute Gasteiger partial charge is 0.305 e. The van der Waals surface area contributed by atoms with Crippen LogP contribution in [0.15, 0.2) is 24.3 Å². The summed E-state index contributed by atoms with van der Waals surface area (Å²) >= 11 is 0. The molecule has 0 bridgehead atoms. The van der Waals surface area contributed by atoms with Crippen molar-refractivity contribution < 1.29 is 14.3 Å². The lowest BCUT2D eigenvalue weighted by Gasteiger charge is -2.29. The summed E-state index contributed by atoms with van der Waals surface area (Å²) in [6.45, 7) is 2.16. The van der Waals surface area contributed by atoms with Crippen LogP contribution >= 0.6 is 0 Å². The zero-order valence-electron chi connectivity index (χ0n) is 17.0. The van der Waals surface area contributed by atoms with Gasteiger partial charge in [0, 0.05) is 18.0 Å². The number of hydrogen-bond donors (Lipinski definition) is 2.